The van der Waals surface area contributed by atoms with E-state index < -0.39 is 0 Å². The largest absolute Gasteiger partial charge is 0.496 e. The van der Waals surface area contributed by atoms with Crippen LogP contribution in [0.4, 0.5) is 0 Å². The van der Waals surface area contributed by atoms with E-state index in [2.05, 4.69) is 0 Å². The molecule has 1 aromatic carbocycles. The van der Waals surface area contributed by atoms with Crippen LogP contribution in [-0.4, -0.2) is 26.5 Å². The summed E-state index contributed by atoms with van der Waals surface area (Å²) in [6.07, 6.45) is 1.99. The molecular weight excluding hydrogens is 236 g/mol. The molecule has 96 valence electrons. The first-order valence-electron chi connectivity index (χ1n) is 5.36. The van der Waals surface area contributed by atoms with Crippen LogP contribution in [0.1, 0.15) is 18.5 Å². The highest BCUT2D eigenvalue weighted by atomic mass is 32.2. The highest BCUT2D eigenvalue weighted by molar-refractivity contribution is 7.98. The summed E-state index contributed by atoms with van der Waals surface area (Å²) in [6.45, 7) is 1.87. The molecule has 0 bridgehead atoms. The van der Waals surface area contributed by atoms with Crippen LogP contribution in [0, 0.1) is 0 Å². The SMILES string of the molecule is COc1cc(C(N)C(C)N)c(OC)cc1SC. The van der Waals surface area contributed by atoms with Crippen molar-refractivity contribution in [1.29, 1.82) is 0 Å². The van der Waals surface area contributed by atoms with Gasteiger partial charge < -0.3 is 20.9 Å². The average molecular weight is 256 g/mol. The second kappa shape index (κ2) is 6.14. The molecule has 0 aromatic heterocycles. The van der Waals surface area contributed by atoms with Crippen LogP contribution in [-0.2, 0) is 0 Å². The second-order valence-corrected chi connectivity index (χ2v) is 4.68. The molecule has 0 spiro atoms. The summed E-state index contributed by atoms with van der Waals surface area (Å²) < 4.78 is 10.7. The first-order valence-corrected chi connectivity index (χ1v) is 6.58. The number of methoxy groups -OCH3 is 2. The Morgan fingerprint density at radius 1 is 1.12 bits per heavy atom. The number of nitrogens with two attached hydrogens (primary N) is 2. The van der Waals surface area contributed by atoms with Crippen molar-refractivity contribution in [3.63, 3.8) is 0 Å². The lowest BCUT2D eigenvalue weighted by atomic mass is 10.0. The van der Waals surface area contributed by atoms with Crippen LogP contribution < -0.4 is 20.9 Å². The van der Waals surface area contributed by atoms with Gasteiger partial charge in [-0.3, -0.25) is 0 Å². The van der Waals surface area contributed by atoms with Crippen molar-refractivity contribution in [2.24, 2.45) is 11.5 Å². The molecule has 0 aliphatic heterocycles. The van der Waals surface area contributed by atoms with E-state index in [-0.39, 0.29) is 12.1 Å². The van der Waals surface area contributed by atoms with Gasteiger partial charge in [0.15, 0.2) is 0 Å². The molecule has 0 fully saturated rings. The van der Waals surface area contributed by atoms with Crippen LogP contribution in [0.25, 0.3) is 0 Å². The van der Waals surface area contributed by atoms with Gasteiger partial charge in [-0.1, -0.05) is 0 Å². The molecule has 5 heteroatoms. The first kappa shape index (κ1) is 14.2. The van der Waals surface area contributed by atoms with Gasteiger partial charge in [0.1, 0.15) is 11.5 Å². The van der Waals surface area contributed by atoms with Gasteiger partial charge in [0.25, 0.3) is 0 Å². The predicted molar refractivity (Wildman–Crippen MR) is 71.9 cm³/mol. The molecule has 4 nitrogen and oxygen atoms in total. The van der Waals surface area contributed by atoms with Gasteiger partial charge in [-0.2, -0.15) is 0 Å². The van der Waals surface area contributed by atoms with Gasteiger partial charge in [-0.15, -0.1) is 11.8 Å². The summed E-state index contributed by atoms with van der Waals surface area (Å²) in [7, 11) is 3.27. The molecule has 0 aliphatic carbocycles. The second-order valence-electron chi connectivity index (χ2n) is 3.83. The molecule has 0 amide bonds. The minimum Gasteiger partial charge on any atom is -0.496 e. The molecule has 1 aromatic rings. The van der Waals surface area contributed by atoms with E-state index in [9.17, 15) is 0 Å². The monoisotopic (exact) mass is 256 g/mol. The number of benzene rings is 1. The lowest BCUT2D eigenvalue weighted by Crippen LogP contribution is -2.31. The molecule has 2 atom stereocenters. The molecule has 0 aliphatic rings. The lowest BCUT2D eigenvalue weighted by molar-refractivity contribution is 0.385. The maximum absolute atomic E-state index is 6.06. The Hall–Kier alpha value is -0.910. The fraction of sp³-hybridized carbons (Fsp3) is 0.500. The maximum Gasteiger partial charge on any atom is 0.133 e. The highest BCUT2D eigenvalue weighted by Gasteiger charge is 2.18. The molecule has 0 saturated carbocycles. The molecular formula is C12H20N2O2S. The third-order valence-corrected chi connectivity index (χ3v) is 3.42. The van der Waals surface area contributed by atoms with E-state index in [4.69, 9.17) is 20.9 Å². The fourth-order valence-corrected chi connectivity index (χ4v) is 2.16. The van der Waals surface area contributed by atoms with Crippen LogP contribution in [0.3, 0.4) is 0 Å². The molecule has 4 N–H and O–H groups in total. The highest BCUT2D eigenvalue weighted by Crippen LogP contribution is 2.37. The van der Waals surface area contributed by atoms with Gasteiger partial charge >= 0.3 is 0 Å². The number of thioether (sulfide) groups is 1. The Balaban J connectivity index is 3.28. The van der Waals surface area contributed by atoms with Crippen molar-refractivity contribution in [1.82, 2.24) is 0 Å². The van der Waals surface area contributed by atoms with Crippen molar-refractivity contribution in [2.45, 2.75) is 23.9 Å². The Morgan fingerprint density at radius 3 is 2.12 bits per heavy atom. The molecule has 17 heavy (non-hydrogen) atoms. The minimum absolute atomic E-state index is 0.145. The number of rotatable bonds is 5. The van der Waals surface area contributed by atoms with Crippen LogP contribution in [0.15, 0.2) is 17.0 Å². The average Bonchev–Trinajstić information content (AvgIpc) is 2.35. The molecule has 0 saturated heterocycles. The zero-order valence-corrected chi connectivity index (χ0v) is 11.5. The molecule has 2 unspecified atom stereocenters. The third kappa shape index (κ3) is 3.06. The van der Waals surface area contributed by atoms with Crippen LogP contribution >= 0.6 is 11.8 Å². The van der Waals surface area contributed by atoms with E-state index in [1.54, 1.807) is 26.0 Å². The zero-order chi connectivity index (χ0) is 13.0. The quantitative estimate of drug-likeness (QED) is 0.786. The predicted octanol–water partition coefficient (Wildman–Crippen LogP) is 1.77. The molecule has 1 rings (SSSR count). The lowest BCUT2D eigenvalue weighted by Gasteiger charge is -2.21. The summed E-state index contributed by atoms with van der Waals surface area (Å²) in [5.74, 6) is 1.55. The normalized spacial score (nSPS) is 14.2. The zero-order valence-electron chi connectivity index (χ0n) is 10.7. The Morgan fingerprint density at radius 2 is 1.71 bits per heavy atom. The molecule has 0 heterocycles. The van der Waals surface area contributed by atoms with Crippen molar-refractivity contribution in [3.8, 4) is 11.5 Å². The Labute approximate surface area is 107 Å². The van der Waals surface area contributed by atoms with Crippen molar-refractivity contribution < 1.29 is 9.47 Å². The summed E-state index contributed by atoms with van der Waals surface area (Å²) in [4.78, 5) is 1.02. The van der Waals surface area contributed by atoms with Gasteiger partial charge in [0, 0.05) is 17.6 Å². The van der Waals surface area contributed by atoms with Gasteiger partial charge in [0.2, 0.25) is 0 Å². The van der Waals surface area contributed by atoms with Crippen molar-refractivity contribution in [3.05, 3.63) is 17.7 Å². The van der Waals surface area contributed by atoms with Crippen molar-refractivity contribution >= 4 is 11.8 Å². The number of hydrogen-bond acceptors (Lipinski definition) is 5. The Kier molecular flexibility index (Phi) is 5.11. The van der Waals surface area contributed by atoms with E-state index in [0.717, 1.165) is 22.0 Å². The smallest absolute Gasteiger partial charge is 0.133 e. The summed E-state index contributed by atoms with van der Waals surface area (Å²) >= 11 is 1.60. The van der Waals surface area contributed by atoms with Gasteiger partial charge in [-0.25, -0.2) is 0 Å². The van der Waals surface area contributed by atoms with E-state index >= 15 is 0 Å². The summed E-state index contributed by atoms with van der Waals surface area (Å²) in [6, 6.07) is 3.42. The van der Waals surface area contributed by atoms with Crippen LogP contribution in [0.5, 0.6) is 11.5 Å². The van der Waals surface area contributed by atoms with Crippen molar-refractivity contribution in [2.75, 3.05) is 20.5 Å². The van der Waals surface area contributed by atoms with E-state index in [1.807, 2.05) is 25.3 Å². The van der Waals surface area contributed by atoms with Gasteiger partial charge in [-0.05, 0) is 25.3 Å². The van der Waals surface area contributed by atoms with E-state index in [0.29, 0.717) is 0 Å². The molecule has 0 radical (unpaired) electrons. The standard InChI is InChI=1S/C12H20N2O2S/c1-7(13)12(14)8-5-10(16-3)11(17-4)6-9(8)15-2/h5-7,12H,13-14H2,1-4H3. The number of ether oxygens (including phenoxy) is 2. The number of hydrogen-bond donors (Lipinski definition) is 2. The Bertz CT molecular complexity index is 383. The third-order valence-electron chi connectivity index (χ3n) is 2.66. The van der Waals surface area contributed by atoms with Crippen LogP contribution in [0.2, 0.25) is 0 Å². The topological polar surface area (TPSA) is 70.5 Å². The summed E-state index contributed by atoms with van der Waals surface area (Å²) in [5.41, 5.74) is 12.8. The van der Waals surface area contributed by atoms with E-state index in [1.165, 1.54) is 0 Å². The minimum atomic E-state index is -0.269. The maximum atomic E-state index is 6.06. The fourth-order valence-electron chi connectivity index (χ4n) is 1.60. The van der Waals surface area contributed by atoms with Gasteiger partial charge in [0.05, 0.1) is 19.1 Å². The summed E-state index contributed by atoms with van der Waals surface area (Å²) in [5, 5.41) is 0. The first-order chi connectivity index (χ1) is 8.04.